The Labute approximate surface area is 134 Å². The number of aliphatic carboxylic acids is 1. The Bertz CT molecular complexity index is 707. The second-order valence-electron chi connectivity index (χ2n) is 5.15. The lowest BCUT2D eigenvalue weighted by Gasteiger charge is -2.11. The molecule has 2 rings (SSSR count). The number of amides is 1. The molecule has 2 aromatic carbocycles. The summed E-state index contributed by atoms with van der Waals surface area (Å²) in [5.74, 6) is -0.607. The molecule has 0 aliphatic carbocycles. The molecule has 0 aliphatic rings. The van der Waals surface area contributed by atoms with E-state index in [-0.39, 0.29) is 12.3 Å². The lowest BCUT2D eigenvalue weighted by molar-refractivity contribution is -0.136. The molecule has 2 N–H and O–H groups in total. The number of rotatable bonds is 6. The van der Waals surface area contributed by atoms with Gasteiger partial charge in [0.2, 0.25) is 0 Å². The smallest absolute Gasteiger partial charge is 0.307 e. The number of hydrogen-bond donors (Lipinski definition) is 2. The Morgan fingerprint density at radius 3 is 2.43 bits per heavy atom. The van der Waals surface area contributed by atoms with E-state index in [4.69, 9.17) is 9.84 Å². The predicted octanol–water partition coefficient (Wildman–Crippen LogP) is 3.27. The number of carboxylic acids is 1. The molecule has 0 radical (unpaired) electrons. The summed E-state index contributed by atoms with van der Waals surface area (Å²) in [5, 5.41) is 11.6. The molecule has 0 bridgehead atoms. The number of nitrogens with one attached hydrogen (secondary N) is 1. The molecule has 5 nitrogen and oxygen atoms in total. The van der Waals surface area contributed by atoms with Crippen LogP contribution in [0.2, 0.25) is 0 Å². The maximum Gasteiger partial charge on any atom is 0.307 e. The molecule has 0 saturated carbocycles. The van der Waals surface area contributed by atoms with Gasteiger partial charge in [0.1, 0.15) is 5.75 Å². The van der Waals surface area contributed by atoms with Gasteiger partial charge in [0, 0.05) is 5.69 Å². The van der Waals surface area contributed by atoms with E-state index >= 15 is 0 Å². The van der Waals surface area contributed by atoms with E-state index in [1.807, 2.05) is 19.9 Å². The number of carbonyl (C=O) groups excluding carboxylic acids is 1. The summed E-state index contributed by atoms with van der Waals surface area (Å²) in [5.41, 5.74) is 2.73. The highest BCUT2D eigenvalue weighted by molar-refractivity contribution is 6.06. The van der Waals surface area contributed by atoms with Crippen molar-refractivity contribution in [2.75, 3.05) is 11.9 Å². The van der Waals surface area contributed by atoms with Crippen molar-refractivity contribution >= 4 is 17.6 Å². The summed E-state index contributed by atoms with van der Waals surface area (Å²) >= 11 is 0. The van der Waals surface area contributed by atoms with Gasteiger partial charge in [0.05, 0.1) is 18.6 Å². The lowest BCUT2D eigenvalue weighted by atomic mass is 10.1. The number of carboxylic acid groups (broad SMARTS) is 1. The molecule has 1 amide bonds. The van der Waals surface area contributed by atoms with Crippen LogP contribution in [0.5, 0.6) is 5.75 Å². The Kier molecular flexibility index (Phi) is 5.36. The molecule has 0 aliphatic heterocycles. The summed E-state index contributed by atoms with van der Waals surface area (Å²) < 4.78 is 5.49. The standard InChI is InChI=1S/C18H19NO4/c1-3-23-16-9-4-12(2)10-15(16)18(22)19-14-7-5-13(6-8-14)11-17(20)21/h4-10H,3,11H2,1-2H3,(H,19,22)(H,20,21). The van der Waals surface area contributed by atoms with E-state index in [0.717, 1.165) is 5.56 Å². The number of carbonyl (C=O) groups is 2. The number of benzene rings is 2. The van der Waals surface area contributed by atoms with Crippen LogP contribution >= 0.6 is 0 Å². The third kappa shape index (κ3) is 4.57. The van der Waals surface area contributed by atoms with Crippen molar-refractivity contribution in [3.63, 3.8) is 0 Å². The van der Waals surface area contributed by atoms with Crippen LogP contribution in [0.3, 0.4) is 0 Å². The quantitative estimate of drug-likeness (QED) is 0.858. The third-order valence-corrected chi connectivity index (χ3v) is 3.25. The van der Waals surface area contributed by atoms with E-state index in [9.17, 15) is 9.59 Å². The van der Waals surface area contributed by atoms with Crippen LogP contribution < -0.4 is 10.1 Å². The fraction of sp³-hybridized carbons (Fsp3) is 0.222. The Morgan fingerprint density at radius 1 is 1.13 bits per heavy atom. The SMILES string of the molecule is CCOc1ccc(C)cc1C(=O)Nc1ccc(CC(=O)O)cc1. The lowest BCUT2D eigenvalue weighted by Crippen LogP contribution is -2.14. The van der Waals surface area contributed by atoms with Gasteiger partial charge in [0.25, 0.3) is 5.91 Å². The van der Waals surface area contributed by atoms with Crippen LogP contribution in [0.4, 0.5) is 5.69 Å². The molecule has 5 heteroatoms. The second kappa shape index (κ2) is 7.45. The summed E-state index contributed by atoms with van der Waals surface area (Å²) in [6.07, 6.45) is -0.0411. The zero-order valence-electron chi connectivity index (χ0n) is 13.1. The summed E-state index contributed by atoms with van der Waals surface area (Å²) in [6.45, 7) is 4.25. The Hall–Kier alpha value is -2.82. The first-order chi connectivity index (χ1) is 11.0. The molecule has 120 valence electrons. The number of anilines is 1. The first-order valence-corrected chi connectivity index (χ1v) is 7.35. The molecule has 0 unspecified atom stereocenters. The zero-order valence-corrected chi connectivity index (χ0v) is 13.1. The largest absolute Gasteiger partial charge is 0.493 e. The van der Waals surface area contributed by atoms with E-state index in [2.05, 4.69) is 5.32 Å². The fourth-order valence-corrected chi connectivity index (χ4v) is 2.18. The average molecular weight is 313 g/mol. The highest BCUT2D eigenvalue weighted by Crippen LogP contribution is 2.22. The van der Waals surface area contributed by atoms with Crippen molar-refractivity contribution in [2.24, 2.45) is 0 Å². The van der Waals surface area contributed by atoms with Gasteiger partial charge in [-0.3, -0.25) is 9.59 Å². The summed E-state index contributed by atoms with van der Waals surface area (Å²) in [6, 6.07) is 12.2. The average Bonchev–Trinajstić information content (AvgIpc) is 2.50. The van der Waals surface area contributed by atoms with Gasteiger partial charge in [-0.15, -0.1) is 0 Å². The highest BCUT2D eigenvalue weighted by atomic mass is 16.5. The predicted molar refractivity (Wildman–Crippen MR) is 88.1 cm³/mol. The van der Waals surface area contributed by atoms with E-state index in [0.29, 0.717) is 29.2 Å². The van der Waals surface area contributed by atoms with Crippen molar-refractivity contribution in [1.82, 2.24) is 0 Å². The number of aryl methyl sites for hydroxylation is 1. The van der Waals surface area contributed by atoms with Crippen molar-refractivity contribution < 1.29 is 19.4 Å². The molecular weight excluding hydrogens is 294 g/mol. The van der Waals surface area contributed by atoms with Crippen molar-refractivity contribution in [1.29, 1.82) is 0 Å². The van der Waals surface area contributed by atoms with Gasteiger partial charge in [-0.2, -0.15) is 0 Å². The van der Waals surface area contributed by atoms with Crippen LogP contribution in [0.15, 0.2) is 42.5 Å². The summed E-state index contributed by atoms with van der Waals surface area (Å²) in [4.78, 5) is 23.1. The Morgan fingerprint density at radius 2 is 1.83 bits per heavy atom. The third-order valence-electron chi connectivity index (χ3n) is 3.25. The van der Waals surface area contributed by atoms with E-state index in [1.165, 1.54) is 0 Å². The number of ether oxygens (including phenoxy) is 1. The van der Waals surface area contributed by atoms with Gasteiger partial charge >= 0.3 is 5.97 Å². The molecule has 0 atom stereocenters. The minimum atomic E-state index is -0.886. The van der Waals surface area contributed by atoms with E-state index in [1.54, 1.807) is 36.4 Å². The molecular formula is C18H19NO4. The van der Waals surface area contributed by atoms with Gasteiger partial charge < -0.3 is 15.2 Å². The van der Waals surface area contributed by atoms with Gasteiger partial charge in [-0.05, 0) is 43.7 Å². The fourth-order valence-electron chi connectivity index (χ4n) is 2.18. The van der Waals surface area contributed by atoms with Crippen molar-refractivity contribution in [2.45, 2.75) is 20.3 Å². The first-order valence-electron chi connectivity index (χ1n) is 7.35. The van der Waals surface area contributed by atoms with Crippen LogP contribution in [0, 0.1) is 6.92 Å². The monoisotopic (exact) mass is 313 g/mol. The molecule has 0 heterocycles. The van der Waals surface area contributed by atoms with E-state index < -0.39 is 5.97 Å². The number of hydrogen-bond acceptors (Lipinski definition) is 3. The van der Waals surface area contributed by atoms with Crippen LogP contribution in [0.25, 0.3) is 0 Å². The van der Waals surface area contributed by atoms with Gasteiger partial charge in [-0.25, -0.2) is 0 Å². The van der Waals surface area contributed by atoms with Gasteiger partial charge in [-0.1, -0.05) is 23.8 Å². The maximum atomic E-state index is 12.4. The normalized spacial score (nSPS) is 10.2. The second-order valence-corrected chi connectivity index (χ2v) is 5.15. The first kappa shape index (κ1) is 16.5. The van der Waals surface area contributed by atoms with Crippen LogP contribution in [-0.4, -0.2) is 23.6 Å². The molecule has 0 fully saturated rings. The summed E-state index contributed by atoms with van der Waals surface area (Å²) in [7, 11) is 0. The maximum absolute atomic E-state index is 12.4. The molecule has 23 heavy (non-hydrogen) atoms. The van der Waals surface area contributed by atoms with Gasteiger partial charge in [0.15, 0.2) is 0 Å². The molecule has 0 aromatic heterocycles. The van der Waals surface area contributed by atoms with Crippen molar-refractivity contribution in [3.05, 3.63) is 59.2 Å². The van der Waals surface area contributed by atoms with Crippen LogP contribution in [0.1, 0.15) is 28.4 Å². The molecule has 0 saturated heterocycles. The topological polar surface area (TPSA) is 75.6 Å². The highest BCUT2D eigenvalue weighted by Gasteiger charge is 2.13. The van der Waals surface area contributed by atoms with Crippen molar-refractivity contribution in [3.8, 4) is 5.75 Å². The molecule has 0 spiro atoms. The zero-order chi connectivity index (χ0) is 16.8. The Balaban J connectivity index is 2.15. The minimum absolute atomic E-state index is 0.0411. The molecule has 2 aromatic rings. The van der Waals surface area contributed by atoms with Crippen LogP contribution in [-0.2, 0) is 11.2 Å². The minimum Gasteiger partial charge on any atom is -0.493 e.